The summed E-state index contributed by atoms with van der Waals surface area (Å²) in [6, 6.07) is 0.385. The van der Waals surface area contributed by atoms with E-state index in [0.717, 1.165) is 25.9 Å². The van der Waals surface area contributed by atoms with Gasteiger partial charge in [0.25, 0.3) is 0 Å². The van der Waals surface area contributed by atoms with Gasteiger partial charge in [0.1, 0.15) is 0 Å². The summed E-state index contributed by atoms with van der Waals surface area (Å²) in [7, 11) is 0. The van der Waals surface area contributed by atoms with Gasteiger partial charge in [0.2, 0.25) is 5.91 Å². The highest BCUT2D eigenvalue weighted by molar-refractivity contribution is 5.79. The topological polar surface area (TPSA) is 41.1 Å². The van der Waals surface area contributed by atoms with Crippen LogP contribution in [0, 0.1) is 11.8 Å². The molecule has 1 amide bonds. The summed E-state index contributed by atoms with van der Waals surface area (Å²) in [5.41, 5.74) is 0. The molecule has 2 rings (SSSR count). The van der Waals surface area contributed by atoms with E-state index in [9.17, 15) is 4.79 Å². The van der Waals surface area contributed by atoms with Gasteiger partial charge in [0.15, 0.2) is 0 Å². The molecule has 0 spiro atoms. The molecule has 0 aromatic rings. The van der Waals surface area contributed by atoms with Crippen molar-refractivity contribution in [3.05, 3.63) is 0 Å². The van der Waals surface area contributed by atoms with Crippen molar-refractivity contribution in [1.82, 2.24) is 10.6 Å². The average molecular weight is 196 g/mol. The van der Waals surface area contributed by atoms with Gasteiger partial charge in [-0.15, -0.1) is 0 Å². The number of carbonyl (C=O) groups is 1. The largest absolute Gasteiger partial charge is 0.352 e. The lowest BCUT2D eigenvalue weighted by atomic mass is 9.97. The molecule has 1 saturated carbocycles. The number of rotatable bonds is 2. The summed E-state index contributed by atoms with van der Waals surface area (Å²) < 4.78 is 0. The van der Waals surface area contributed by atoms with Crippen molar-refractivity contribution < 1.29 is 4.79 Å². The Morgan fingerprint density at radius 2 is 2.21 bits per heavy atom. The number of carbonyl (C=O) groups excluding carboxylic acids is 1. The fourth-order valence-corrected chi connectivity index (χ4v) is 2.62. The van der Waals surface area contributed by atoms with Crippen LogP contribution in [-0.2, 0) is 4.79 Å². The molecule has 2 unspecified atom stereocenters. The summed E-state index contributed by atoms with van der Waals surface area (Å²) in [6.45, 7) is 4.20. The molecule has 2 N–H and O–H groups in total. The molecule has 80 valence electrons. The minimum Gasteiger partial charge on any atom is -0.352 e. The van der Waals surface area contributed by atoms with Crippen LogP contribution in [-0.4, -0.2) is 25.0 Å². The second kappa shape index (κ2) is 4.30. The van der Waals surface area contributed by atoms with Crippen LogP contribution in [0.5, 0.6) is 0 Å². The van der Waals surface area contributed by atoms with E-state index in [-0.39, 0.29) is 5.92 Å². The molecular formula is C11H20N2O. The second-order valence-corrected chi connectivity index (χ2v) is 4.71. The number of hydrogen-bond acceptors (Lipinski definition) is 2. The molecule has 1 aliphatic carbocycles. The quantitative estimate of drug-likeness (QED) is 0.689. The van der Waals surface area contributed by atoms with Crippen LogP contribution in [0.3, 0.4) is 0 Å². The Labute approximate surface area is 85.6 Å². The first-order chi connectivity index (χ1) is 6.77. The molecule has 1 heterocycles. The summed E-state index contributed by atoms with van der Waals surface area (Å²) >= 11 is 0. The van der Waals surface area contributed by atoms with Crippen molar-refractivity contribution in [3.63, 3.8) is 0 Å². The zero-order valence-electron chi connectivity index (χ0n) is 8.88. The summed E-state index contributed by atoms with van der Waals surface area (Å²) in [4.78, 5) is 11.9. The molecule has 1 saturated heterocycles. The van der Waals surface area contributed by atoms with Gasteiger partial charge in [-0.1, -0.05) is 13.3 Å². The van der Waals surface area contributed by atoms with Crippen molar-refractivity contribution in [1.29, 1.82) is 0 Å². The van der Waals surface area contributed by atoms with E-state index in [1.807, 2.05) is 0 Å². The number of amides is 1. The third-order valence-electron chi connectivity index (χ3n) is 3.60. The van der Waals surface area contributed by atoms with Crippen LogP contribution in [0.15, 0.2) is 0 Å². The van der Waals surface area contributed by atoms with Gasteiger partial charge in [-0.05, 0) is 31.7 Å². The van der Waals surface area contributed by atoms with E-state index >= 15 is 0 Å². The highest BCUT2D eigenvalue weighted by Crippen LogP contribution is 2.31. The maximum Gasteiger partial charge on any atom is 0.223 e. The highest BCUT2D eigenvalue weighted by atomic mass is 16.2. The normalized spacial score (nSPS) is 37.4. The van der Waals surface area contributed by atoms with Crippen molar-refractivity contribution in [2.75, 3.05) is 13.1 Å². The van der Waals surface area contributed by atoms with E-state index in [2.05, 4.69) is 17.6 Å². The number of hydrogen-bond donors (Lipinski definition) is 2. The summed E-state index contributed by atoms with van der Waals surface area (Å²) in [5, 5.41) is 6.41. The molecule has 14 heavy (non-hydrogen) atoms. The Morgan fingerprint density at radius 3 is 2.79 bits per heavy atom. The Morgan fingerprint density at radius 1 is 1.36 bits per heavy atom. The van der Waals surface area contributed by atoms with Crippen LogP contribution < -0.4 is 10.6 Å². The monoisotopic (exact) mass is 196 g/mol. The summed E-state index contributed by atoms with van der Waals surface area (Å²) in [6.07, 6.45) is 4.63. The van der Waals surface area contributed by atoms with E-state index in [1.165, 1.54) is 12.8 Å². The molecular weight excluding hydrogens is 176 g/mol. The first-order valence-electron chi connectivity index (χ1n) is 5.78. The fourth-order valence-electron chi connectivity index (χ4n) is 2.62. The van der Waals surface area contributed by atoms with E-state index in [1.54, 1.807) is 0 Å². The molecule has 0 bridgehead atoms. The molecule has 3 atom stereocenters. The van der Waals surface area contributed by atoms with Crippen LogP contribution in [0.4, 0.5) is 0 Å². The Kier molecular flexibility index (Phi) is 3.06. The van der Waals surface area contributed by atoms with Crippen molar-refractivity contribution >= 4 is 5.91 Å². The van der Waals surface area contributed by atoms with Gasteiger partial charge in [-0.2, -0.15) is 0 Å². The van der Waals surface area contributed by atoms with E-state index in [4.69, 9.17) is 0 Å². The van der Waals surface area contributed by atoms with Crippen LogP contribution in [0.25, 0.3) is 0 Å². The lowest BCUT2D eigenvalue weighted by Gasteiger charge is -2.18. The molecule has 0 aromatic carbocycles. The predicted octanol–water partition coefficient (Wildman–Crippen LogP) is 0.901. The molecule has 3 nitrogen and oxygen atoms in total. The number of nitrogens with one attached hydrogen (secondary N) is 2. The minimum atomic E-state index is 0.288. The molecule has 3 heteroatoms. The fraction of sp³-hybridized carbons (Fsp3) is 0.909. The average Bonchev–Trinajstić information content (AvgIpc) is 2.75. The molecule has 1 aliphatic heterocycles. The van der Waals surface area contributed by atoms with E-state index in [0.29, 0.717) is 17.9 Å². The molecule has 2 fully saturated rings. The van der Waals surface area contributed by atoms with Crippen molar-refractivity contribution in [2.24, 2.45) is 11.8 Å². The molecule has 0 aromatic heterocycles. The zero-order chi connectivity index (χ0) is 9.97. The van der Waals surface area contributed by atoms with Gasteiger partial charge in [0.05, 0.1) is 0 Å². The Hall–Kier alpha value is -0.570. The zero-order valence-corrected chi connectivity index (χ0v) is 8.88. The van der Waals surface area contributed by atoms with Crippen LogP contribution in [0.1, 0.15) is 32.6 Å². The smallest absolute Gasteiger partial charge is 0.223 e. The van der Waals surface area contributed by atoms with Crippen molar-refractivity contribution in [2.45, 2.75) is 38.6 Å². The first-order valence-corrected chi connectivity index (χ1v) is 5.78. The minimum absolute atomic E-state index is 0.288. The predicted molar refractivity (Wildman–Crippen MR) is 55.9 cm³/mol. The highest BCUT2D eigenvalue weighted by Gasteiger charge is 2.31. The lowest BCUT2D eigenvalue weighted by molar-refractivity contribution is -0.126. The summed E-state index contributed by atoms with van der Waals surface area (Å²) in [5.74, 6) is 1.17. The van der Waals surface area contributed by atoms with Gasteiger partial charge < -0.3 is 10.6 Å². The Bertz CT molecular complexity index is 211. The van der Waals surface area contributed by atoms with Gasteiger partial charge in [-0.25, -0.2) is 0 Å². The van der Waals surface area contributed by atoms with Gasteiger partial charge in [-0.3, -0.25) is 4.79 Å². The maximum atomic E-state index is 11.9. The first kappa shape index (κ1) is 9.97. The third-order valence-corrected chi connectivity index (χ3v) is 3.60. The molecule has 0 radical (unpaired) electrons. The maximum absolute atomic E-state index is 11.9. The Balaban J connectivity index is 1.82. The van der Waals surface area contributed by atoms with Crippen LogP contribution in [0.2, 0.25) is 0 Å². The second-order valence-electron chi connectivity index (χ2n) is 4.71. The van der Waals surface area contributed by atoms with E-state index < -0.39 is 0 Å². The van der Waals surface area contributed by atoms with Crippen molar-refractivity contribution in [3.8, 4) is 0 Å². The SMILES string of the molecule is CC1CCCC1C(=O)N[C@@H]1CCNC1. The third kappa shape index (κ3) is 2.08. The van der Waals surface area contributed by atoms with Gasteiger partial charge >= 0.3 is 0 Å². The lowest BCUT2D eigenvalue weighted by Crippen LogP contribution is -2.40. The van der Waals surface area contributed by atoms with Crippen LogP contribution >= 0.6 is 0 Å². The standard InChI is InChI=1S/C11H20N2O/c1-8-3-2-4-10(8)11(14)13-9-5-6-12-7-9/h8-10,12H,2-7H2,1H3,(H,13,14)/t8?,9-,10?/m1/s1. The molecule has 2 aliphatic rings. The van der Waals surface area contributed by atoms with Gasteiger partial charge in [0, 0.05) is 18.5 Å².